The molecule has 0 saturated carbocycles. The second-order valence-corrected chi connectivity index (χ2v) is 5.26. The van der Waals surface area contributed by atoms with Crippen LogP contribution in [0.4, 0.5) is 8.78 Å². The summed E-state index contributed by atoms with van der Waals surface area (Å²) >= 11 is 0. The molecule has 0 spiro atoms. The maximum atomic E-state index is 13.6. The van der Waals surface area contributed by atoms with E-state index in [1.165, 1.54) is 6.07 Å². The summed E-state index contributed by atoms with van der Waals surface area (Å²) in [4.78, 5) is 4.41. The van der Waals surface area contributed by atoms with Gasteiger partial charge in [-0.2, -0.15) is 0 Å². The second-order valence-electron chi connectivity index (χ2n) is 5.26. The monoisotopic (exact) mass is 313 g/mol. The number of rotatable bonds is 5. The summed E-state index contributed by atoms with van der Waals surface area (Å²) in [7, 11) is 0. The van der Waals surface area contributed by atoms with E-state index in [2.05, 4.69) is 4.98 Å². The van der Waals surface area contributed by atoms with Crippen LogP contribution in [0.5, 0.6) is 0 Å². The fourth-order valence-corrected chi connectivity index (χ4v) is 2.49. The van der Waals surface area contributed by atoms with Crippen LogP contribution in [0.1, 0.15) is 17.8 Å². The van der Waals surface area contributed by atoms with Crippen molar-refractivity contribution >= 4 is 23.2 Å². The Labute approximate surface area is 133 Å². The largest absolute Gasteiger partial charge is 0.330 e. The van der Waals surface area contributed by atoms with Gasteiger partial charge in [0.2, 0.25) is 0 Å². The number of nitrogens with zero attached hydrogens (tertiary/aromatic N) is 2. The molecule has 0 saturated heterocycles. The van der Waals surface area contributed by atoms with Gasteiger partial charge in [0, 0.05) is 18.7 Å². The number of aromatic nitrogens is 2. The first-order valence-electron chi connectivity index (χ1n) is 7.47. The van der Waals surface area contributed by atoms with Crippen molar-refractivity contribution in [2.24, 2.45) is 5.73 Å². The Balaban J connectivity index is 2.05. The first kappa shape index (κ1) is 15.4. The predicted octanol–water partition coefficient (Wildman–Crippen LogP) is 3.83. The molecule has 0 bridgehead atoms. The molecule has 2 aromatic carbocycles. The number of hydrogen-bond acceptors (Lipinski definition) is 2. The van der Waals surface area contributed by atoms with Gasteiger partial charge in [-0.05, 0) is 24.6 Å². The van der Waals surface area contributed by atoms with E-state index >= 15 is 0 Å². The van der Waals surface area contributed by atoms with Crippen LogP contribution in [0.3, 0.4) is 0 Å². The van der Waals surface area contributed by atoms with Gasteiger partial charge in [0.05, 0.1) is 11.0 Å². The first-order chi connectivity index (χ1) is 11.2. The Bertz CT molecular complexity index is 838. The minimum Gasteiger partial charge on any atom is -0.330 e. The molecular weight excluding hydrogens is 296 g/mol. The minimum atomic E-state index is -0.889. The lowest BCUT2D eigenvalue weighted by atomic mass is 10.2. The third-order valence-electron chi connectivity index (χ3n) is 3.63. The minimum absolute atomic E-state index is 0.439. The van der Waals surface area contributed by atoms with Crippen molar-refractivity contribution < 1.29 is 8.78 Å². The van der Waals surface area contributed by atoms with Gasteiger partial charge >= 0.3 is 0 Å². The van der Waals surface area contributed by atoms with Gasteiger partial charge in [-0.1, -0.05) is 36.4 Å². The average Bonchev–Trinajstić information content (AvgIpc) is 2.89. The molecule has 2 N–H and O–H groups in total. The van der Waals surface area contributed by atoms with E-state index in [-0.39, 0.29) is 0 Å². The Morgan fingerprint density at radius 2 is 1.78 bits per heavy atom. The van der Waals surface area contributed by atoms with Crippen LogP contribution in [0.25, 0.3) is 23.2 Å². The fourth-order valence-electron chi connectivity index (χ4n) is 2.49. The van der Waals surface area contributed by atoms with E-state index in [9.17, 15) is 8.78 Å². The fraction of sp³-hybridized carbons (Fsp3) is 0.167. The van der Waals surface area contributed by atoms with Crippen LogP contribution < -0.4 is 5.73 Å². The number of nitrogens with two attached hydrogens (primary N) is 1. The summed E-state index contributed by atoms with van der Waals surface area (Å²) in [5.41, 5.74) is 7.62. The molecule has 3 rings (SSSR count). The molecular formula is C18H17F2N3. The molecule has 0 atom stereocenters. The highest BCUT2D eigenvalue weighted by Crippen LogP contribution is 2.21. The predicted molar refractivity (Wildman–Crippen MR) is 88.7 cm³/mol. The van der Waals surface area contributed by atoms with Crippen LogP contribution in [0.15, 0.2) is 42.5 Å². The van der Waals surface area contributed by atoms with E-state index < -0.39 is 11.6 Å². The summed E-state index contributed by atoms with van der Waals surface area (Å²) < 4.78 is 28.8. The zero-order chi connectivity index (χ0) is 16.2. The highest BCUT2D eigenvalue weighted by molar-refractivity contribution is 5.80. The smallest absolute Gasteiger partial charge is 0.161 e. The Hall–Kier alpha value is -2.53. The van der Waals surface area contributed by atoms with E-state index in [0.717, 1.165) is 18.1 Å². The third-order valence-corrected chi connectivity index (χ3v) is 3.63. The van der Waals surface area contributed by atoms with Gasteiger partial charge in [0.1, 0.15) is 5.82 Å². The number of fused-ring (bicyclic) bond motifs is 1. The highest BCUT2D eigenvalue weighted by atomic mass is 19.2. The quantitative estimate of drug-likeness (QED) is 0.778. The molecule has 1 heterocycles. The van der Waals surface area contributed by atoms with Crippen LogP contribution in [0, 0.1) is 11.6 Å². The molecule has 0 aliphatic carbocycles. The van der Waals surface area contributed by atoms with Crippen molar-refractivity contribution in [1.82, 2.24) is 9.55 Å². The standard InChI is InChI=1S/C18H17F2N3/c19-14-11-16-17(12-15(14)20)23(10-4-9-21)18(22-16)8-7-13-5-2-1-3-6-13/h1-3,5-8,11-12H,4,9-10,21H2/b8-7+. The maximum absolute atomic E-state index is 13.6. The number of imidazole rings is 1. The zero-order valence-electron chi connectivity index (χ0n) is 12.5. The van der Waals surface area contributed by atoms with Crippen LogP contribution in [-0.4, -0.2) is 16.1 Å². The molecule has 5 heteroatoms. The summed E-state index contributed by atoms with van der Waals surface area (Å²) in [5, 5.41) is 0. The number of aryl methyl sites for hydroxylation is 1. The van der Waals surface area contributed by atoms with Gasteiger partial charge in [-0.25, -0.2) is 13.8 Å². The molecule has 118 valence electrons. The number of halogens is 2. The van der Waals surface area contributed by atoms with E-state index in [1.807, 2.05) is 47.1 Å². The van der Waals surface area contributed by atoms with E-state index in [1.54, 1.807) is 0 Å². The topological polar surface area (TPSA) is 43.8 Å². The maximum Gasteiger partial charge on any atom is 0.161 e. The van der Waals surface area contributed by atoms with Gasteiger partial charge in [0.25, 0.3) is 0 Å². The molecule has 1 aromatic heterocycles. The molecule has 3 nitrogen and oxygen atoms in total. The van der Waals surface area contributed by atoms with E-state index in [0.29, 0.717) is 29.9 Å². The molecule has 0 fully saturated rings. The highest BCUT2D eigenvalue weighted by Gasteiger charge is 2.12. The average molecular weight is 313 g/mol. The second kappa shape index (κ2) is 6.71. The van der Waals surface area contributed by atoms with Gasteiger partial charge in [0.15, 0.2) is 11.6 Å². The molecule has 0 aliphatic rings. The molecule has 0 aliphatic heterocycles. The lowest BCUT2D eigenvalue weighted by molar-refractivity contribution is 0.510. The lowest BCUT2D eigenvalue weighted by Gasteiger charge is -2.06. The molecule has 0 radical (unpaired) electrons. The molecule has 3 aromatic rings. The lowest BCUT2D eigenvalue weighted by Crippen LogP contribution is -2.07. The van der Waals surface area contributed by atoms with Crippen molar-refractivity contribution in [2.75, 3.05) is 6.54 Å². The van der Waals surface area contributed by atoms with Crippen LogP contribution in [-0.2, 0) is 6.54 Å². The van der Waals surface area contributed by atoms with Crippen molar-refractivity contribution in [1.29, 1.82) is 0 Å². The Kier molecular flexibility index (Phi) is 4.48. The van der Waals surface area contributed by atoms with E-state index in [4.69, 9.17) is 5.73 Å². The van der Waals surface area contributed by atoms with Crippen molar-refractivity contribution in [3.63, 3.8) is 0 Å². The van der Waals surface area contributed by atoms with Crippen molar-refractivity contribution in [3.8, 4) is 0 Å². The van der Waals surface area contributed by atoms with Crippen molar-refractivity contribution in [2.45, 2.75) is 13.0 Å². The van der Waals surface area contributed by atoms with Crippen LogP contribution >= 0.6 is 0 Å². The molecule has 0 unspecified atom stereocenters. The van der Waals surface area contributed by atoms with Gasteiger partial charge in [-0.3, -0.25) is 0 Å². The van der Waals surface area contributed by atoms with Crippen LogP contribution in [0.2, 0.25) is 0 Å². The Morgan fingerprint density at radius 1 is 1.04 bits per heavy atom. The molecule has 23 heavy (non-hydrogen) atoms. The summed E-state index contributed by atoms with van der Waals surface area (Å²) in [6, 6.07) is 12.1. The summed E-state index contributed by atoms with van der Waals surface area (Å²) in [6.07, 6.45) is 4.51. The Morgan fingerprint density at radius 3 is 2.52 bits per heavy atom. The third kappa shape index (κ3) is 3.29. The normalized spacial score (nSPS) is 11.6. The number of hydrogen-bond donors (Lipinski definition) is 1. The zero-order valence-corrected chi connectivity index (χ0v) is 12.5. The summed E-state index contributed by atoms with van der Waals surface area (Å²) in [6.45, 7) is 1.12. The van der Waals surface area contributed by atoms with Gasteiger partial charge in [-0.15, -0.1) is 0 Å². The SMILES string of the molecule is NCCCn1c(/C=C/c2ccccc2)nc2cc(F)c(F)cc21. The molecule has 0 amide bonds. The number of benzene rings is 2. The summed E-state index contributed by atoms with van der Waals surface area (Å²) in [5.74, 6) is -1.10. The van der Waals surface area contributed by atoms with Gasteiger partial charge < -0.3 is 10.3 Å². The van der Waals surface area contributed by atoms with Crippen molar-refractivity contribution in [3.05, 3.63) is 65.5 Å². The first-order valence-corrected chi connectivity index (χ1v) is 7.47.